The first kappa shape index (κ1) is 19.6. The van der Waals surface area contributed by atoms with Gasteiger partial charge in [0.15, 0.2) is 5.13 Å². The van der Waals surface area contributed by atoms with Gasteiger partial charge in [0.2, 0.25) is 5.78 Å². The molecule has 0 saturated carbocycles. The van der Waals surface area contributed by atoms with Gasteiger partial charge >= 0.3 is 5.97 Å². The molecule has 7 heteroatoms. The third-order valence-electron chi connectivity index (χ3n) is 4.48. The molecule has 1 heterocycles. The van der Waals surface area contributed by atoms with E-state index in [2.05, 4.69) is 10.3 Å². The lowest BCUT2D eigenvalue weighted by atomic mass is 9.97. The molecule has 0 atom stereocenters. The summed E-state index contributed by atoms with van der Waals surface area (Å²) < 4.78 is 4.73. The Bertz CT molecular complexity index is 1070. The number of carbonyl (C=O) groups excluding carboxylic acids is 2. The van der Waals surface area contributed by atoms with Crippen molar-refractivity contribution >= 4 is 39.7 Å². The van der Waals surface area contributed by atoms with Crippen LogP contribution in [0.15, 0.2) is 36.4 Å². The average Bonchev–Trinajstić information content (AvgIpc) is 3.03. The summed E-state index contributed by atoms with van der Waals surface area (Å²) in [6.07, 6.45) is 0. The monoisotopic (exact) mass is 395 g/mol. The minimum Gasteiger partial charge on any atom is -0.465 e. The van der Waals surface area contributed by atoms with Gasteiger partial charge in [-0.25, -0.2) is 9.78 Å². The summed E-state index contributed by atoms with van der Waals surface area (Å²) in [5, 5.41) is 3.57. The minimum absolute atomic E-state index is 0.146. The zero-order valence-electron chi connectivity index (χ0n) is 16.1. The number of hydrogen-bond acceptors (Lipinski definition) is 7. The molecule has 1 aromatic heterocycles. The minimum atomic E-state index is -0.427. The Morgan fingerprint density at radius 3 is 2.50 bits per heavy atom. The van der Waals surface area contributed by atoms with Crippen LogP contribution in [0.4, 0.5) is 16.6 Å². The van der Waals surface area contributed by atoms with Crippen LogP contribution in [-0.4, -0.2) is 23.8 Å². The first-order chi connectivity index (χ1) is 13.3. The van der Waals surface area contributed by atoms with Crippen molar-refractivity contribution in [3.8, 4) is 0 Å². The topological polar surface area (TPSA) is 94.3 Å². The summed E-state index contributed by atoms with van der Waals surface area (Å²) in [7, 11) is 1.33. The van der Waals surface area contributed by atoms with Crippen molar-refractivity contribution in [3.63, 3.8) is 0 Å². The molecule has 0 radical (unpaired) electrons. The number of aryl methyl sites for hydroxylation is 3. The summed E-state index contributed by atoms with van der Waals surface area (Å²) in [5.41, 5.74) is 10.8. The Morgan fingerprint density at radius 2 is 1.79 bits per heavy atom. The molecule has 0 aliphatic carbocycles. The predicted molar refractivity (Wildman–Crippen MR) is 112 cm³/mol. The summed E-state index contributed by atoms with van der Waals surface area (Å²) >= 11 is 1.18. The van der Waals surface area contributed by atoms with E-state index in [1.807, 2.05) is 32.9 Å². The van der Waals surface area contributed by atoms with Crippen LogP contribution in [0.2, 0.25) is 0 Å². The van der Waals surface area contributed by atoms with Gasteiger partial charge in [0.1, 0.15) is 10.7 Å². The molecule has 3 rings (SSSR count). The summed E-state index contributed by atoms with van der Waals surface area (Å²) in [6, 6.07) is 10.7. The highest BCUT2D eigenvalue weighted by Crippen LogP contribution is 2.31. The van der Waals surface area contributed by atoms with E-state index in [1.165, 1.54) is 18.4 Å². The third kappa shape index (κ3) is 3.89. The van der Waals surface area contributed by atoms with Crippen molar-refractivity contribution in [2.24, 2.45) is 0 Å². The maximum absolute atomic E-state index is 13.0. The molecule has 144 valence electrons. The second-order valence-corrected chi connectivity index (χ2v) is 7.51. The molecule has 0 amide bonds. The number of anilines is 3. The number of carbonyl (C=O) groups is 2. The summed E-state index contributed by atoms with van der Waals surface area (Å²) in [4.78, 5) is 29.3. The van der Waals surface area contributed by atoms with Crippen LogP contribution in [0.3, 0.4) is 0 Å². The van der Waals surface area contributed by atoms with Gasteiger partial charge in [0.25, 0.3) is 0 Å². The quantitative estimate of drug-likeness (QED) is 0.491. The number of rotatable bonds is 5. The van der Waals surface area contributed by atoms with E-state index in [-0.39, 0.29) is 11.6 Å². The van der Waals surface area contributed by atoms with Gasteiger partial charge in [-0.3, -0.25) is 4.79 Å². The molecule has 28 heavy (non-hydrogen) atoms. The van der Waals surface area contributed by atoms with Crippen molar-refractivity contribution in [3.05, 3.63) is 69.1 Å². The molecule has 0 saturated heterocycles. The van der Waals surface area contributed by atoms with Crippen LogP contribution in [0.25, 0.3) is 0 Å². The molecule has 0 aliphatic heterocycles. The van der Waals surface area contributed by atoms with Gasteiger partial charge < -0.3 is 15.8 Å². The number of nitrogen functional groups attached to an aromatic ring is 1. The van der Waals surface area contributed by atoms with Gasteiger partial charge in [-0.15, -0.1) is 0 Å². The Hall–Kier alpha value is -3.19. The largest absolute Gasteiger partial charge is 0.465 e. The smallest absolute Gasteiger partial charge is 0.337 e. The number of ether oxygens (including phenoxy) is 1. The van der Waals surface area contributed by atoms with Crippen molar-refractivity contribution in [2.75, 3.05) is 18.2 Å². The lowest BCUT2D eigenvalue weighted by molar-refractivity contribution is 0.0600. The first-order valence-electron chi connectivity index (χ1n) is 8.64. The van der Waals surface area contributed by atoms with E-state index in [0.717, 1.165) is 16.7 Å². The Kier molecular flexibility index (Phi) is 5.46. The predicted octanol–water partition coefficient (Wildman–Crippen LogP) is 4.41. The molecule has 6 nitrogen and oxygen atoms in total. The van der Waals surface area contributed by atoms with E-state index in [4.69, 9.17) is 10.5 Å². The molecule has 0 bridgehead atoms. The number of nitrogens with zero attached hydrogens (tertiary/aromatic N) is 1. The van der Waals surface area contributed by atoms with E-state index >= 15 is 0 Å². The highest BCUT2D eigenvalue weighted by Gasteiger charge is 2.20. The zero-order valence-corrected chi connectivity index (χ0v) is 16.9. The van der Waals surface area contributed by atoms with E-state index < -0.39 is 5.97 Å². The van der Waals surface area contributed by atoms with E-state index in [0.29, 0.717) is 26.8 Å². The van der Waals surface area contributed by atoms with E-state index in [9.17, 15) is 9.59 Å². The van der Waals surface area contributed by atoms with Gasteiger partial charge in [-0.1, -0.05) is 23.5 Å². The molecule has 0 aliphatic rings. The second-order valence-electron chi connectivity index (χ2n) is 6.51. The molecular weight excluding hydrogens is 374 g/mol. The normalized spacial score (nSPS) is 10.6. The Balaban J connectivity index is 1.89. The fraction of sp³-hybridized carbons (Fsp3) is 0.190. The van der Waals surface area contributed by atoms with Crippen LogP contribution in [0.1, 0.15) is 42.3 Å². The van der Waals surface area contributed by atoms with Crippen molar-refractivity contribution in [2.45, 2.75) is 20.8 Å². The zero-order chi connectivity index (χ0) is 20.4. The van der Waals surface area contributed by atoms with Crippen molar-refractivity contribution in [1.82, 2.24) is 4.98 Å². The molecular formula is C21H21N3O3S. The van der Waals surface area contributed by atoms with Crippen molar-refractivity contribution in [1.29, 1.82) is 0 Å². The maximum atomic E-state index is 13.0. The van der Waals surface area contributed by atoms with Crippen molar-refractivity contribution < 1.29 is 14.3 Å². The lowest BCUT2D eigenvalue weighted by Gasteiger charge is -2.08. The highest BCUT2D eigenvalue weighted by atomic mass is 32.1. The number of ketones is 1. The molecule has 0 spiro atoms. The number of benzene rings is 2. The summed E-state index contributed by atoms with van der Waals surface area (Å²) in [5.74, 6) is -0.394. The van der Waals surface area contributed by atoms with Gasteiger partial charge in [-0.05, 0) is 61.7 Å². The van der Waals surface area contributed by atoms with Gasteiger partial charge in [-0.2, -0.15) is 0 Å². The Labute approximate surface area is 167 Å². The van der Waals surface area contributed by atoms with E-state index in [1.54, 1.807) is 24.3 Å². The van der Waals surface area contributed by atoms with Crippen LogP contribution in [0.5, 0.6) is 0 Å². The standard InChI is InChI=1S/C21H21N3O3S/c1-11-8-13(3)16(9-12(11)2)17(25)18-19(22)24-21(28-18)23-15-7-5-6-14(10-15)20(26)27-4/h5-10H,22H2,1-4H3,(H,23,24). The highest BCUT2D eigenvalue weighted by molar-refractivity contribution is 7.18. The maximum Gasteiger partial charge on any atom is 0.337 e. The molecule has 0 unspecified atom stereocenters. The summed E-state index contributed by atoms with van der Waals surface area (Å²) in [6.45, 7) is 5.90. The molecule has 0 fully saturated rings. The Morgan fingerprint density at radius 1 is 1.07 bits per heavy atom. The number of esters is 1. The fourth-order valence-electron chi connectivity index (χ4n) is 2.84. The lowest BCUT2D eigenvalue weighted by Crippen LogP contribution is -2.05. The van der Waals surface area contributed by atoms with Crippen LogP contribution < -0.4 is 11.1 Å². The number of nitrogens with two attached hydrogens (primary N) is 1. The number of methoxy groups -OCH3 is 1. The van der Waals surface area contributed by atoms with Crippen LogP contribution in [0, 0.1) is 20.8 Å². The van der Waals surface area contributed by atoms with Crippen LogP contribution in [-0.2, 0) is 4.74 Å². The van der Waals surface area contributed by atoms with Gasteiger partial charge in [0, 0.05) is 11.3 Å². The van der Waals surface area contributed by atoms with Gasteiger partial charge in [0.05, 0.1) is 12.7 Å². The van der Waals surface area contributed by atoms with Crippen LogP contribution >= 0.6 is 11.3 Å². The SMILES string of the molecule is COC(=O)c1cccc(Nc2nc(N)c(C(=O)c3cc(C)c(C)cc3C)s2)c1. The first-order valence-corrected chi connectivity index (χ1v) is 9.46. The molecule has 3 N–H and O–H groups in total. The molecule has 3 aromatic rings. The third-order valence-corrected chi connectivity index (χ3v) is 5.47. The number of aromatic nitrogens is 1. The fourth-order valence-corrected chi connectivity index (χ4v) is 3.70. The number of hydrogen-bond donors (Lipinski definition) is 2. The average molecular weight is 395 g/mol. The second kappa shape index (κ2) is 7.82. The molecule has 2 aromatic carbocycles. The number of nitrogens with one attached hydrogen (secondary N) is 1. The number of thiazole rings is 1.